The summed E-state index contributed by atoms with van der Waals surface area (Å²) in [5.41, 5.74) is 1.02. The van der Waals surface area contributed by atoms with Crippen LogP contribution in [0.3, 0.4) is 0 Å². The van der Waals surface area contributed by atoms with Crippen molar-refractivity contribution in [2.75, 3.05) is 0 Å². The van der Waals surface area contributed by atoms with Gasteiger partial charge >= 0.3 is 0 Å². The van der Waals surface area contributed by atoms with Crippen LogP contribution in [0, 0.1) is 0 Å². The average Bonchev–Trinajstić information content (AvgIpc) is 2.38. The van der Waals surface area contributed by atoms with Gasteiger partial charge in [-0.3, -0.25) is 4.79 Å². The number of benzene rings is 2. The molecule has 0 saturated carbocycles. The van der Waals surface area contributed by atoms with Gasteiger partial charge in [0.2, 0.25) is 0 Å². The van der Waals surface area contributed by atoms with E-state index in [4.69, 9.17) is 46.4 Å². The van der Waals surface area contributed by atoms with Crippen molar-refractivity contribution in [1.82, 2.24) is 0 Å². The lowest BCUT2D eigenvalue weighted by Crippen LogP contribution is -2.08. The molecule has 1 unspecified atom stereocenters. The van der Waals surface area contributed by atoms with Crippen molar-refractivity contribution >= 4 is 52.2 Å². The first-order valence-corrected chi connectivity index (χ1v) is 6.95. The zero-order valence-corrected chi connectivity index (χ0v) is 12.6. The second-order valence-electron chi connectivity index (χ2n) is 3.90. The summed E-state index contributed by atoms with van der Waals surface area (Å²) in [7, 11) is 0. The smallest absolute Gasteiger partial charge is 0.186 e. The lowest BCUT2D eigenvalue weighted by molar-refractivity contribution is 0.0987. The van der Waals surface area contributed by atoms with E-state index in [1.54, 1.807) is 36.4 Å². The van der Waals surface area contributed by atoms with Gasteiger partial charge in [-0.15, -0.1) is 11.6 Å². The Balaban J connectivity index is 2.30. The second kappa shape index (κ2) is 6.15. The minimum atomic E-state index is -0.809. The topological polar surface area (TPSA) is 17.1 Å². The molecule has 0 bridgehead atoms. The highest BCUT2D eigenvalue weighted by Crippen LogP contribution is 2.30. The average molecular weight is 334 g/mol. The Morgan fingerprint density at radius 3 is 2.05 bits per heavy atom. The Morgan fingerprint density at radius 2 is 1.47 bits per heavy atom. The molecular weight excluding hydrogens is 326 g/mol. The van der Waals surface area contributed by atoms with Crippen molar-refractivity contribution in [3.8, 4) is 0 Å². The lowest BCUT2D eigenvalue weighted by Gasteiger charge is -2.10. The van der Waals surface area contributed by atoms with E-state index in [0.717, 1.165) is 0 Å². The summed E-state index contributed by atoms with van der Waals surface area (Å²) in [5.74, 6) is -0.273. The molecule has 5 heteroatoms. The molecule has 19 heavy (non-hydrogen) atoms. The zero-order valence-electron chi connectivity index (χ0n) is 9.54. The number of Topliss-reactive ketones (excluding diaryl/α,β-unsaturated/α-hetero) is 1. The first-order valence-electron chi connectivity index (χ1n) is 5.38. The molecule has 0 spiro atoms. The van der Waals surface area contributed by atoms with Crippen LogP contribution in [0.25, 0.3) is 0 Å². The molecule has 0 aliphatic heterocycles. The fraction of sp³-hybridized carbons (Fsp3) is 0.0714. The minimum Gasteiger partial charge on any atom is -0.292 e. The van der Waals surface area contributed by atoms with E-state index in [1.165, 1.54) is 6.07 Å². The van der Waals surface area contributed by atoms with Gasteiger partial charge in [0, 0.05) is 15.6 Å². The largest absolute Gasteiger partial charge is 0.292 e. The summed E-state index contributed by atoms with van der Waals surface area (Å²) in [5, 5.41) is 0.539. The van der Waals surface area contributed by atoms with Gasteiger partial charge < -0.3 is 0 Å². The van der Waals surface area contributed by atoms with E-state index in [-0.39, 0.29) is 10.8 Å². The van der Waals surface area contributed by atoms with Crippen molar-refractivity contribution in [3.05, 3.63) is 68.7 Å². The molecule has 0 fully saturated rings. The third-order valence-electron chi connectivity index (χ3n) is 2.59. The molecule has 1 nitrogen and oxygen atoms in total. The summed E-state index contributed by atoms with van der Waals surface area (Å²) in [4.78, 5) is 12.3. The van der Waals surface area contributed by atoms with Crippen molar-refractivity contribution in [1.29, 1.82) is 0 Å². The van der Waals surface area contributed by atoms with Crippen molar-refractivity contribution in [2.45, 2.75) is 5.38 Å². The Morgan fingerprint density at radius 1 is 0.895 bits per heavy atom. The quantitative estimate of drug-likeness (QED) is 0.511. The van der Waals surface area contributed by atoms with Crippen LogP contribution in [0.5, 0.6) is 0 Å². The van der Waals surface area contributed by atoms with Crippen molar-refractivity contribution < 1.29 is 4.79 Å². The van der Waals surface area contributed by atoms with Crippen LogP contribution in [0.4, 0.5) is 0 Å². The van der Waals surface area contributed by atoms with E-state index in [0.29, 0.717) is 21.2 Å². The summed E-state index contributed by atoms with van der Waals surface area (Å²) in [6.45, 7) is 0. The van der Waals surface area contributed by atoms with Crippen molar-refractivity contribution in [2.24, 2.45) is 0 Å². The Bertz CT molecular complexity index is 607. The molecule has 0 aromatic heterocycles. The van der Waals surface area contributed by atoms with Gasteiger partial charge in [-0.2, -0.15) is 0 Å². The van der Waals surface area contributed by atoms with Gasteiger partial charge in [0.25, 0.3) is 0 Å². The molecule has 0 aliphatic carbocycles. The van der Waals surface area contributed by atoms with Crippen LogP contribution in [-0.4, -0.2) is 5.78 Å². The van der Waals surface area contributed by atoms with Crippen LogP contribution in [-0.2, 0) is 0 Å². The Hall–Kier alpha value is -0.730. The monoisotopic (exact) mass is 332 g/mol. The number of halogens is 4. The molecule has 0 amide bonds. The highest BCUT2D eigenvalue weighted by Gasteiger charge is 2.21. The molecule has 0 heterocycles. The molecule has 0 N–H and O–H groups in total. The van der Waals surface area contributed by atoms with Crippen LogP contribution in [0.1, 0.15) is 21.3 Å². The normalized spacial score (nSPS) is 12.2. The van der Waals surface area contributed by atoms with Crippen LogP contribution in [0.2, 0.25) is 15.1 Å². The number of hydrogen-bond donors (Lipinski definition) is 0. The minimum absolute atomic E-state index is 0.273. The van der Waals surface area contributed by atoms with Crippen LogP contribution in [0.15, 0.2) is 42.5 Å². The first-order chi connectivity index (χ1) is 8.99. The van der Waals surface area contributed by atoms with Gasteiger partial charge in [-0.25, -0.2) is 0 Å². The third-order valence-corrected chi connectivity index (χ3v) is 3.84. The number of hydrogen-bond acceptors (Lipinski definition) is 1. The maximum atomic E-state index is 12.3. The van der Waals surface area contributed by atoms with Gasteiger partial charge in [0.1, 0.15) is 5.38 Å². The van der Waals surface area contributed by atoms with Gasteiger partial charge in [-0.05, 0) is 35.9 Å². The molecule has 0 saturated heterocycles. The fourth-order valence-corrected chi connectivity index (χ4v) is 2.50. The van der Waals surface area contributed by atoms with Crippen molar-refractivity contribution in [3.63, 3.8) is 0 Å². The SMILES string of the molecule is O=C(c1ccc(Cl)cc1Cl)C(Cl)c1ccc(Cl)cc1. The molecule has 0 radical (unpaired) electrons. The van der Waals surface area contributed by atoms with E-state index in [2.05, 4.69) is 0 Å². The lowest BCUT2D eigenvalue weighted by atomic mass is 10.0. The molecule has 98 valence electrons. The Labute approximate surface area is 131 Å². The van der Waals surface area contributed by atoms with Crippen LogP contribution >= 0.6 is 46.4 Å². The molecule has 2 aromatic rings. The van der Waals surface area contributed by atoms with E-state index < -0.39 is 5.38 Å². The maximum absolute atomic E-state index is 12.3. The Kier molecular flexibility index (Phi) is 4.75. The number of carbonyl (C=O) groups excluding carboxylic acids is 1. The van der Waals surface area contributed by atoms with Gasteiger partial charge in [0.15, 0.2) is 5.78 Å². The van der Waals surface area contributed by atoms with Crippen LogP contribution < -0.4 is 0 Å². The molecule has 0 aliphatic rings. The summed E-state index contributed by atoms with van der Waals surface area (Å²) in [6, 6.07) is 11.5. The molecule has 2 rings (SSSR count). The second-order valence-corrected chi connectivity index (χ2v) is 5.62. The molecule has 1 atom stereocenters. The first kappa shape index (κ1) is 14.7. The van der Waals surface area contributed by atoms with E-state index in [9.17, 15) is 4.79 Å². The number of carbonyl (C=O) groups is 1. The standard InChI is InChI=1S/C14H8Cl4O/c15-9-3-1-8(2-4-9)13(18)14(19)11-6-5-10(16)7-12(11)17/h1-7,13H. The fourth-order valence-electron chi connectivity index (χ4n) is 1.61. The summed E-state index contributed by atoms with van der Waals surface area (Å²) in [6.07, 6.45) is 0. The predicted octanol–water partition coefficient (Wildman–Crippen LogP) is 5.81. The maximum Gasteiger partial charge on any atom is 0.186 e. The van der Waals surface area contributed by atoms with Gasteiger partial charge in [0.05, 0.1) is 5.02 Å². The summed E-state index contributed by atoms with van der Waals surface area (Å²) < 4.78 is 0. The number of rotatable bonds is 3. The highest BCUT2D eigenvalue weighted by molar-refractivity contribution is 6.40. The number of alkyl halides is 1. The molecule has 2 aromatic carbocycles. The van der Waals surface area contributed by atoms with E-state index in [1.807, 2.05) is 0 Å². The number of ketones is 1. The zero-order chi connectivity index (χ0) is 14.0. The molecular formula is C14H8Cl4O. The van der Waals surface area contributed by atoms with E-state index >= 15 is 0 Å². The predicted molar refractivity (Wildman–Crippen MR) is 80.8 cm³/mol. The third kappa shape index (κ3) is 3.43. The highest BCUT2D eigenvalue weighted by atomic mass is 35.5. The van der Waals surface area contributed by atoms with Gasteiger partial charge in [-0.1, -0.05) is 46.9 Å². The summed E-state index contributed by atoms with van der Waals surface area (Å²) >= 11 is 23.8.